The maximum absolute atomic E-state index is 6.06. The van der Waals surface area contributed by atoms with Crippen LogP contribution < -0.4 is 4.74 Å². The van der Waals surface area contributed by atoms with E-state index in [1.807, 2.05) is 24.4 Å². The van der Waals surface area contributed by atoms with Crippen LogP contribution in [0.15, 0.2) is 55.3 Å². The van der Waals surface area contributed by atoms with Crippen molar-refractivity contribution in [3.63, 3.8) is 0 Å². The van der Waals surface area contributed by atoms with Crippen molar-refractivity contribution < 1.29 is 14.2 Å². The molecule has 1 aliphatic rings. The number of hydrogen-bond donors (Lipinski definition) is 0. The normalized spacial score (nSPS) is 17.4. The standard InChI is InChI=1S/C34H51NO3/c1-3-5-7-9-11-12-13-14-16-18-29-27-37-34(38-28-29)31-21-24-33(35-26-31)30-19-22-32(23-20-30)36-25-17-15-10-8-6-4-2/h3,19-24,26,29,34H,1,4-18,25,27-28H2,2H3. The molecule has 0 radical (unpaired) electrons. The van der Waals surface area contributed by atoms with Crippen LogP contribution in [-0.4, -0.2) is 24.8 Å². The van der Waals surface area contributed by atoms with E-state index in [0.29, 0.717) is 5.92 Å². The van der Waals surface area contributed by atoms with E-state index in [9.17, 15) is 0 Å². The number of nitrogens with zero attached hydrogens (tertiary/aromatic N) is 1. The molecule has 4 nitrogen and oxygen atoms in total. The number of benzene rings is 1. The van der Waals surface area contributed by atoms with Crippen LogP contribution in [0.3, 0.4) is 0 Å². The Morgan fingerprint density at radius 3 is 2.13 bits per heavy atom. The summed E-state index contributed by atoms with van der Waals surface area (Å²) < 4.78 is 18.0. The van der Waals surface area contributed by atoms with Crippen LogP contribution in [0.4, 0.5) is 0 Å². The molecule has 2 aromatic rings. The molecular weight excluding hydrogens is 470 g/mol. The van der Waals surface area contributed by atoms with Crippen LogP contribution >= 0.6 is 0 Å². The molecule has 1 aromatic heterocycles. The van der Waals surface area contributed by atoms with Gasteiger partial charge in [0.25, 0.3) is 0 Å². The van der Waals surface area contributed by atoms with Crippen molar-refractivity contribution in [2.75, 3.05) is 19.8 Å². The molecule has 2 heterocycles. The van der Waals surface area contributed by atoms with Crippen LogP contribution in [0, 0.1) is 5.92 Å². The van der Waals surface area contributed by atoms with Gasteiger partial charge >= 0.3 is 0 Å². The first-order valence-corrected chi connectivity index (χ1v) is 15.3. The Kier molecular flexibility index (Phi) is 15.2. The summed E-state index contributed by atoms with van der Waals surface area (Å²) in [5.74, 6) is 1.43. The molecule has 1 saturated heterocycles. The third-order valence-electron chi connectivity index (χ3n) is 7.46. The second kappa shape index (κ2) is 19.0. The first-order chi connectivity index (χ1) is 18.8. The lowest BCUT2D eigenvalue weighted by Crippen LogP contribution is -2.27. The fourth-order valence-electron chi connectivity index (χ4n) is 5.02. The summed E-state index contributed by atoms with van der Waals surface area (Å²) in [5, 5.41) is 0. The fraction of sp³-hybridized carbons (Fsp3) is 0.618. The summed E-state index contributed by atoms with van der Waals surface area (Å²) in [5.41, 5.74) is 3.03. The first-order valence-electron chi connectivity index (χ1n) is 15.3. The minimum absolute atomic E-state index is 0.305. The molecule has 0 aliphatic carbocycles. The number of hydrogen-bond acceptors (Lipinski definition) is 4. The van der Waals surface area contributed by atoms with E-state index < -0.39 is 0 Å². The minimum Gasteiger partial charge on any atom is -0.494 e. The number of allylic oxidation sites excluding steroid dienone is 1. The Hall–Kier alpha value is -2.17. The van der Waals surface area contributed by atoms with Crippen molar-refractivity contribution in [1.29, 1.82) is 0 Å². The number of aromatic nitrogens is 1. The SMILES string of the molecule is C=CCCCCCCCCCC1COC(c2ccc(-c3ccc(OCCCCCCCC)cc3)nc2)OC1. The molecule has 210 valence electrons. The lowest BCUT2D eigenvalue weighted by atomic mass is 10.0. The van der Waals surface area contributed by atoms with Crippen molar-refractivity contribution in [2.24, 2.45) is 5.92 Å². The average Bonchev–Trinajstić information content (AvgIpc) is 2.97. The maximum Gasteiger partial charge on any atom is 0.185 e. The van der Waals surface area contributed by atoms with E-state index in [2.05, 4.69) is 42.8 Å². The molecular formula is C34H51NO3. The van der Waals surface area contributed by atoms with Crippen LogP contribution in [0.2, 0.25) is 0 Å². The summed E-state index contributed by atoms with van der Waals surface area (Å²) >= 11 is 0. The molecule has 4 heteroatoms. The van der Waals surface area contributed by atoms with Gasteiger partial charge in [0.1, 0.15) is 5.75 Å². The zero-order chi connectivity index (χ0) is 26.7. The van der Waals surface area contributed by atoms with Crippen LogP contribution in [0.1, 0.15) is 115 Å². The molecule has 0 bridgehead atoms. The summed E-state index contributed by atoms with van der Waals surface area (Å²) in [6, 6.07) is 12.4. The molecule has 3 rings (SSSR count). The van der Waals surface area contributed by atoms with Gasteiger partial charge in [-0.05, 0) is 56.0 Å². The Bertz CT molecular complexity index is 856. The van der Waals surface area contributed by atoms with Gasteiger partial charge in [0.05, 0.1) is 25.5 Å². The van der Waals surface area contributed by atoms with Crippen LogP contribution in [0.25, 0.3) is 11.3 Å². The van der Waals surface area contributed by atoms with Crippen molar-refractivity contribution in [2.45, 2.75) is 110 Å². The molecule has 0 N–H and O–H groups in total. The minimum atomic E-state index is -0.305. The summed E-state index contributed by atoms with van der Waals surface area (Å²) in [4.78, 5) is 4.68. The highest BCUT2D eigenvalue weighted by molar-refractivity contribution is 5.60. The monoisotopic (exact) mass is 521 g/mol. The van der Waals surface area contributed by atoms with E-state index in [4.69, 9.17) is 14.2 Å². The van der Waals surface area contributed by atoms with Crippen molar-refractivity contribution >= 4 is 0 Å². The number of unbranched alkanes of at least 4 members (excludes halogenated alkanes) is 12. The molecule has 0 spiro atoms. The van der Waals surface area contributed by atoms with Crippen molar-refractivity contribution in [3.8, 4) is 17.0 Å². The van der Waals surface area contributed by atoms with Gasteiger partial charge < -0.3 is 14.2 Å². The van der Waals surface area contributed by atoms with E-state index in [0.717, 1.165) is 55.2 Å². The highest BCUT2D eigenvalue weighted by Crippen LogP contribution is 2.29. The molecule has 1 aliphatic heterocycles. The highest BCUT2D eigenvalue weighted by Gasteiger charge is 2.23. The molecule has 0 atom stereocenters. The Morgan fingerprint density at radius 2 is 1.47 bits per heavy atom. The van der Waals surface area contributed by atoms with Gasteiger partial charge in [0.15, 0.2) is 6.29 Å². The zero-order valence-electron chi connectivity index (χ0n) is 23.9. The smallest absolute Gasteiger partial charge is 0.185 e. The largest absolute Gasteiger partial charge is 0.494 e. The van der Waals surface area contributed by atoms with E-state index >= 15 is 0 Å². The van der Waals surface area contributed by atoms with Gasteiger partial charge in [0, 0.05) is 23.2 Å². The maximum atomic E-state index is 6.06. The van der Waals surface area contributed by atoms with Crippen molar-refractivity contribution in [1.82, 2.24) is 4.98 Å². The summed E-state index contributed by atoms with van der Waals surface area (Å²) in [7, 11) is 0. The highest BCUT2D eigenvalue weighted by atomic mass is 16.7. The lowest BCUT2D eigenvalue weighted by molar-refractivity contribution is -0.206. The quantitative estimate of drug-likeness (QED) is 0.128. The van der Waals surface area contributed by atoms with Gasteiger partial charge in [-0.15, -0.1) is 6.58 Å². The number of ether oxygens (including phenoxy) is 3. The Labute approximate surface area is 232 Å². The Morgan fingerprint density at radius 1 is 0.816 bits per heavy atom. The lowest BCUT2D eigenvalue weighted by Gasteiger charge is -2.29. The van der Waals surface area contributed by atoms with Crippen molar-refractivity contribution in [3.05, 3.63) is 60.8 Å². The first kappa shape index (κ1) is 30.4. The average molecular weight is 522 g/mol. The molecule has 1 aromatic carbocycles. The third kappa shape index (κ3) is 11.7. The van der Waals surface area contributed by atoms with E-state index in [1.54, 1.807) is 0 Å². The van der Waals surface area contributed by atoms with Gasteiger partial charge in [-0.25, -0.2) is 0 Å². The van der Waals surface area contributed by atoms with Gasteiger partial charge in [-0.1, -0.05) is 89.7 Å². The predicted molar refractivity (Wildman–Crippen MR) is 158 cm³/mol. The van der Waals surface area contributed by atoms with Gasteiger partial charge in [0.2, 0.25) is 0 Å². The van der Waals surface area contributed by atoms with E-state index in [1.165, 1.54) is 83.5 Å². The Balaban J connectivity index is 1.29. The van der Waals surface area contributed by atoms with Crippen LogP contribution in [0.5, 0.6) is 5.75 Å². The molecule has 0 amide bonds. The van der Waals surface area contributed by atoms with E-state index in [-0.39, 0.29) is 6.29 Å². The van der Waals surface area contributed by atoms with Gasteiger partial charge in [-0.2, -0.15) is 0 Å². The van der Waals surface area contributed by atoms with Gasteiger partial charge in [-0.3, -0.25) is 4.98 Å². The third-order valence-corrected chi connectivity index (χ3v) is 7.46. The molecule has 0 unspecified atom stereocenters. The topological polar surface area (TPSA) is 40.6 Å². The summed E-state index contributed by atoms with van der Waals surface area (Å²) in [6.45, 7) is 8.38. The molecule has 1 fully saturated rings. The number of pyridine rings is 1. The predicted octanol–water partition coefficient (Wildman–Crippen LogP) is 9.85. The molecule has 0 saturated carbocycles. The fourth-order valence-corrected chi connectivity index (χ4v) is 5.02. The second-order valence-electron chi connectivity index (χ2n) is 10.8. The molecule has 38 heavy (non-hydrogen) atoms. The second-order valence-corrected chi connectivity index (χ2v) is 10.8. The van der Waals surface area contributed by atoms with Crippen LogP contribution in [-0.2, 0) is 9.47 Å². The number of rotatable bonds is 20. The zero-order valence-corrected chi connectivity index (χ0v) is 23.9. The summed E-state index contributed by atoms with van der Waals surface area (Å²) in [6.07, 6.45) is 22.9.